The minimum atomic E-state index is -0.772. The normalized spacial score (nSPS) is 21.0. The number of anilines is 1. The molecular formula is C24H33N3O3. The first-order valence-corrected chi connectivity index (χ1v) is 10.7. The van der Waals surface area contributed by atoms with Gasteiger partial charge in [-0.05, 0) is 68.4 Å². The quantitative estimate of drug-likeness (QED) is 0.535. The molecule has 6 nitrogen and oxygen atoms in total. The van der Waals surface area contributed by atoms with E-state index in [1.165, 1.54) is 17.8 Å². The third-order valence-corrected chi connectivity index (χ3v) is 6.46. The van der Waals surface area contributed by atoms with E-state index in [1.807, 2.05) is 6.07 Å². The summed E-state index contributed by atoms with van der Waals surface area (Å²) in [6, 6.07) is 15.8. The van der Waals surface area contributed by atoms with Crippen LogP contribution < -0.4 is 16.0 Å². The van der Waals surface area contributed by atoms with Crippen LogP contribution in [-0.4, -0.2) is 41.8 Å². The van der Waals surface area contributed by atoms with Crippen LogP contribution in [0.3, 0.4) is 0 Å². The van der Waals surface area contributed by atoms with E-state index in [2.05, 4.69) is 48.5 Å². The number of aromatic hydroxyl groups is 1. The molecule has 0 bridgehead atoms. The molecule has 2 aromatic rings. The molecule has 0 saturated heterocycles. The highest BCUT2D eigenvalue weighted by molar-refractivity contribution is 5.95. The SMILES string of the molecule is CC(NCC(O)c1ccc(O)c(C(N)=O)c1)[C@H]1CC[C@@H](N(C)c2ccccc2)CC1. The van der Waals surface area contributed by atoms with Gasteiger partial charge >= 0.3 is 0 Å². The maximum Gasteiger partial charge on any atom is 0.252 e. The van der Waals surface area contributed by atoms with Gasteiger partial charge in [0.1, 0.15) is 5.75 Å². The first-order chi connectivity index (χ1) is 14.4. The molecule has 2 atom stereocenters. The van der Waals surface area contributed by atoms with Crippen molar-refractivity contribution in [3.05, 3.63) is 59.7 Å². The molecule has 3 rings (SSSR count). The molecule has 0 spiro atoms. The second-order valence-electron chi connectivity index (χ2n) is 8.37. The zero-order valence-electron chi connectivity index (χ0n) is 17.8. The fourth-order valence-corrected chi connectivity index (χ4v) is 4.40. The van der Waals surface area contributed by atoms with Crippen molar-refractivity contribution < 1.29 is 15.0 Å². The molecule has 6 heteroatoms. The van der Waals surface area contributed by atoms with Crippen molar-refractivity contribution >= 4 is 11.6 Å². The van der Waals surface area contributed by atoms with Gasteiger partial charge in [0.15, 0.2) is 0 Å². The number of primary amides is 1. The van der Waals surface area contributed by atoms with Gasteiger partial charge in [-0.25, -0.2) is 0 Å². The molecule has 0 heterocycles. The summed E-state index contributed by atoms with van der Waals surface area (Å²) in [5, 5.41) is 23.7. The lowest BCUT2D eigenvalue weighted by Gasteiger charge is -2.38. The lowest BCUT2D eigenvalue weighted by Crippen LogP contribution is -2.41. The Kier molecular flexibility index (Phi) is 7.34. The van der Waals surface area contributed by atoms with Crippen LogP contribution in [0.15, 0.2) is 48.5 Å². The molecule has 2 aromatic carbocycles. The van der Waals surface area contributed by atoms with Crippen LogP contribution in [-0.2, 0) is 0 Å². The van der Waals surface area contributed by atoms with Crippen LogP contribution in [0.4, 0.5) is 5.69 Å². The number of carbonyl (C=O) groups excluding carboxylic acids is 1. The molecule has 0 radical (unpaired) electrons. The zero-order chi connectivity index (χ0) is 21.7. The van der Waals surface area contributed by atoms with Crippen LogP contribution in [0.25, 0.3) is 0 Å². The average molecular weight is 412 g/mol. The number of para-hydroxylation sites is 1. The average Bonchev–Trinajstić information content (AvgIpc) is 2.77. The maximum absolute atomic E-state index is 11.4. The van der Waals surface area contributed by atoms with E-state index >= 15 is 0 Å². The van der Waals surface area contributed by atoms with Gasteiger partial charge in [0.25, 0.3) is 5.91 Å². The van der Waals surface area contributed by atoms with Gasteiger partial charge in [-0.15, -0.1) is 0 Å². The number of hydrogen-bond donors (Lipinski definition) is 4. The molecule has 162 valence electrons. The van der Waals surface area contributed by atoms with Gasteiger partial charge < -0.3 is 26.2 Å². The molecule has 1 amide bonds. The van der Waals surface area contributed by atoms with Crippen LogP contribution in [0.1, 0.15) is 54.6 Å². The third kappa shape index (κ3) is 5.32. The molecule has 1 fully saturated rings. The number of benzene rings is 2. The van der Waals surface area contributed by atoms with Gasteiger partial charge in [0.2, 0.25) is 0 Å². The minimum Gasteiger partial charge on any atom is -0.507 e. The monoisotopic (exact) mass is 411 g/mol. The molecule has 5 N–H and O–H groups in total. The Bertz CT molecular complexity index is 835. The molecule has 1 aliphatic carbocycles. The number of amides is 1. The minimum absolute atomic E-state index is 0.0282. The van der Waals surface area contributed by atoms with Gasteiger partial charge in [-0.1, -0.05) is 24.3 Å². The van der Waals surface area contributed by atoms with Gasteiger partial charge in [0.05, 0.1) is 11.7 Å². The summed E-state index contributed by atoms with van der Waals surface area (Å²) in [4.78, 5) is 13.8. The summed E-state index contributed by atoms with van der Waals surface area (Å²) in [7, 11) is 2.18. The molecule has 2 unspecified atom stereocenters. The van der Waals surface area contributed by atoms with E-state index in [1.54, 1.807) is 6.07 Å². The van der Waals surface area contributed by atoms with Gasteiger partial charge in [0, 0.05) is 31.4 Å². The summed E-state index contributed by atoms with van der Waals surface area (Å²) >= 11 is 0. The molecule has 0 aromatic heterocycles. The first kappa shape index (κ1) is 22.1. The van der Waals surface area contributed by atoms with Crippen molar-refractivity contribution in [2.45, 2.75) is 50.8 Å². The summed E-state index contributed by atoms with van der Waals surface area (Å²) in [5.74, 6) is -0.310. The third-order valence-electron chi connectivity index (χ3n) is 6.46. The second kappa shape index (κ2) is 9.96. The van der Waals surface area contributed by atoms with Crippen molar-refractivity contribution in [2.75, 3.05) is 18.5 Å². The van der Waals surface area contributed by atoms with Crippen molar-refractivity contribution in [3.8, 4) is 5.75 Å². The summed E-state index contributed by atoms with van der Waals surface area (Å²) in [6.45, 7) is 2.55. The molecule has 1 aliphatic rings. The number of nitrogens with zero attached hydrogens (tertiary/aromatic N) is 1. The highest BCUT2D eigenvalue weighted by atomic mass is 16.3. The summed E-state index contributed by atoms with van der Waals surface area (Å²) in [5.41, 5.74) is 7.13. The number of rotatable bonds is 8. The van der Waals surface area contributed by atoms with Crippen LogP contribution in [0.2, 0.25) is 0 Å². The Morgan fingerprint density at radius 1 is 1.17 bits per heavy atom. The van der Waals surface area contributed by atoms with Crippen LogP contribution in [0.5, 0.6) is 5.75 Å². The number of hydrogen-bond acceptors (Lipinski definition) is 5. The van der Waals surface area contributed by atoms with Crippen LogP contribution in [0, 0.1) is 5.92 Å². The van der Waals surface area contributed by atoms with Crippen LogP contribution >= 0.6 is 0 Å². The van der Waals surface area contributed by atoms with E-state index in [0.717, 1.165) is 25.7 Å². The number of aliphatic hydroxyl groups excluding tert-OH is 1. The largest absolute Gasteiger partial charge is 0.507 e. The van der Waals surface area contributed by atoms with E-state index < -0.39 is 12.0 Å². The lowest BCUT2D eigenvalue weighted by molar-refractivity contribution is 0.0997. The number of carbonyl (C=O) groups is 1. The van der Waals surface area contributed by atoms with Gasteiger partial charge in [-0.2, -0.15) is 0 Å². The Balaban J connectivity index is 1.48. The van der Waals surface area contributed by atoms with E-state index in [-0.39, 0.29) is 17.4 Å². The Labute approximate surface area is 178 Å². The Morgan fingerprint density at radius 2 is 1.83 bits per heavy atom. The predicted molar refractivity (Wildman–Crippen MR) is 120 cm³/mol. The smallest absolute Gasteiger partial charge is 0.252 e. The van der Waals surface area contributed by atoms with Crippen molar-refractivity contribution in [3.63, 3.8) is 0 Å². The number of nitrogens with two attached hydrogens (primary N) is 1. The fraction of sp³-hybridized carbons (Fsp3) is 0.458. The Hall–Kier alpha value is -2.57. The number of aliphatic hydroxyl groups is 1. The molecule has 30 heavy (non-hydrogen) atoms. The molecule has 0 aliphatic heterocycles. The summed E-state index contributed by atoms with van der Waals surface area (Å²) in [6.07, 6.45) is 3.84. The fourth-order valence-electron chi connectivity index (χ4n) is 4.40. The lowest BCUT2D eigenvalue weighted by atomic mass is 9.81. The topological polar surface area (TPSA) is 98.8 Å². The molecule has 1 saturated carbocycles. The van der Waals surface area contributed by atoms with Crippen molar-refractivity contribution in [1.29, 1.82) is 0 Å². The van der Waals surface area contributed by atoms with Crippen molar-refractivity contribution in [2.24, 2.45) is 11.7 Å². The standard InChI is InChI=1S/C24H33N3O3/c1-16(26-15-23(29)18-10-13-22(28)21(14-18)24(25)30)17-8-11-20(12-9-17)27(2)19-6-4-3-5-7-19/h3-7,10,13-14,16-17,20,23,26,28-29H,8-9,11-12,15H2,1-2H3,(H2,25,30)/t16?,17-,20+,23?. The number of nitrogens with one attached hydrogen (secondary N) is 1. The van der Waals surface area contributed by atoms with Gasteiger partial charge in [-0.3, -0.25) is 4.79 Å². The van der Waals surface area contributed by atoms with E-state index in [9.17, 15) is 15.0 Å². The highest BCUT2D eigenvalue weighted by Gasteiger charge is 2.27. The maximum atomic E-state index is 11.4. The van der Waals surface area contributed by atoms with E-state index in [0.29, 0.717) is 24.1 Å². The molecular weight excluding hydrogens is 378 g/mol. The summed E-state index contributed by atoms with van der Waals surface area (Å²) < 4.78 is 0. The van der Waals surface area contributed by atoms with E-state index in [4.69, 9.17) is 5.73 Å². The highest BCUT2D eigenvalue weighted by Crippen LogP contribution is 2.31. The van der Waals surface area contributed by atoms with Crippen molar-refractivity contribution in [1.82, 2.24) is 5.32 Å². The second-order valence-corrected chi connectivity index (χ2v) is 8.37. The Morgan fingerprint density at radius 3 is 2.47 bits per heavy atom. The predicted octanol–water partition coefficient (Wildman–Crippen LogP) is 3.20. The zero-order valence-corrected chi connectivity index (χ0v) is 17.8. The number of phenols is 1. The first-order valence-electron chi connectivity index (χ1n) is 10.7.